The number of carbonyl (C=O) groups is 1. The average molecular weight is 514 g/mol. The van der Waals surface area contributed by atoms with Crippen LogP contribution < -0.4 is 10.2 Å². The minimum Gasteiger partial charge on any atom is -0.491 e. The van der Waals surface area contributed by atoms with Crippen LogP contribution in [0.2, 0.25) is 10.0 Å². The Morgan fingerprint density at radius 3 is 2.63 bits per heavy atom. The van der Waals surface area contributed by atoms with Crippen molar-refractivity contribution < 1.29 is 9.53 Å². The van der Waals surface area contributed by atoms with Crippen LogP contribution in [0.25, 0.3) is 17.0 Å². The fourth-order valence-corrected chi connectivity index (χ4v) is 4.43. The van der Waals surface area contributed by atoms with Gasteiger partial charge in [0.1, 0.15) is 0 Å². The van der Waals surface area contributed by atoms with Crippen LogP contribution in [0.4, 0.5) is 5.69 Å². The van der Waals surface area contributed by atoms with Gasteiger partial charge in [-0.1, -0.05) is 29.3 Å². The number of halogens is 2. The third-order valence-electron chi connectivity index (χ3n) is 5.99. The SMILES string of the molecule is CO/C(=C\C=C\c1cc2cc(Cl)c(Cl)cc2[nH]1)C(=O)NCCCN1CCN(c2ccncc2)CC1. The van der Waals surface area contributed by atoms with E-state index in [-0.39, 0.29) is 11.7 Å². The van der Waals surface area contributed by atoms with E-state index >= 15 is 0 Å². The molecule has 1 aliphatic rings. The number of hydrogen-bond donors (Lipinski definition) is 2. The number of piperazine rings is 1. The van der Waals surface area contributed by atoms with E-state index in [1.54, 1.807) is 18.2 Å². The predicted octanol–water partition coefficient (Wildman–Crippen LogP) is 4.74. The van der Waals surface area contributed by atoms with E-state index in [9.17, 15) is 4.79 Å². The van der Waals surface area contributed by atoms with E-state index < -0.39 is 0 Å². The molecule has 1 saturated heterocycles. The highest BCUT2D eigenvalue weighted by molar-refractivity contribution is 6.42. The molecule has 0 radical (unpaired) electrons. The second kappa shape index (κ2) is 12.1. The van der Waals surface area contributed by atoms with Gasteiger partial charge < -0.3 is 19.9 Å². The molecule has 0 atom stereocenters. The molecule has 2 N–H and O–H groups in total. The Morgan fingerprint density at radius 1 is 1.14 bits per heavy atom. The number of methoxy groups -OCH3 is 1. The van der Waals surface area contributed by atoms with Crippen molar-refractivity contribution in [1.82, 2.24) is 20.2 Å². The average Bonchev–Trinajstić information content (AvgIpc) is 3.26. The molecule has 0 spiro atoms. The number of amides is 1. The Hall–Kier alpha value is -3.00. The summed E-state index contributed by atoms with van der Waals surface area (Å²) in [5.41, 5.74) is 2.99. The Morgan fingerprint density at radius 2 is 1.89 bits per heavy atom. The van der Waals surface area contributed by atoms with Crippen LogP contribution in [-0.4, -0.2) is 67.2 Å². The summed E-state index contributed by atoms with van der Waals surface area (Å²) in [6.07, 6.45) is 9.83. The van der Waals surface area contributed by atoms with Gasteiger partial charge in [0.05, 0.1) is 17.2 Å². The van der Waals surface area contributed by atoms with Crippen molar-refractivity contribution in [2.75, 3.05) is 51.3 Å². The van der Waals surface area contributed by atoms with Crippen LogP contribution in [0.1, 0.15) is 12.1 Å². The van der Waals surface area contributed by atoms with E-state index in [4.69, 9.17) is 27.9 Å². The van der Waals surface area contributed by atoms with Crippen molar-refractivity contribution in [3.8, 4) is 0 Å². The highest BCUT2D eigenvalue weighted by atomic mass is 35.5. The van der Waals surface area contributed by atoms with Crippen LogP contribution in [0.5, 0.6) is 0 Å². The zero-order chi connectivity index (χ0) is 24.6. The number of H-pyrrole nitrogens is 1. The lowest BCUT2D eigenvalue weighted by atomic mass is 10.2. The first-order valence-electron chi connectivity index (χ1n) is 11.6. The number of nitrogens with one attached hydrogen (secondary N) is 2. The standard InChI is InChI=1S/C26H29Cl2N5O2/c1-35-25(5-2-4-20-16-19-17-22(27)23(28)18-24(19)31-20)26(34)30-8-3-11-32-12-14-33(15-13-32)21-6-9-29-10-7-21/h2,4-7,9-10,16-18,31H,3,8,11-15H2,1H3,(H,30,34)/b4-2+,25-5-. The molecule has 35 heavy (non-hydrogen) atoms. The molecule has 3 aromatic rings. The minimum absolute atomic E-state index is 0.227. The molecule has 0 aliphatic carbocycles. The van der Waals surface area contributed by atoms with Crippen molar-refractivity contribution in [3.05, 3.63) is 76.4 Å². The first kappa shape index (κ1) is 25.1. The Bertz CT molecular complexity index is 1160. The number of aromatic amines is 1. The molecular weight excluding hydrogens is 485 g/mol. The molecular formula is C26H29Cl2N5O2. The van der Waals surface area contributed by atoms with Gasteiger partial charge in [0, 0.05) is 67.4 Å². The number of carbonyl (C=O) groups excluding carboxylic acids is 1. The number of pyridine rings is 1. The highest BCUT2D eigenvalue weighted by Gasteiger charge is 2.17. The van der Waals surface area contributed by atoms with E-state index in [1.807, 2.05) is 42.7 Å². The molecule has 1 fully saturated rings. The summed E-state index contributed by atoms with van der Waals surface area (Å²) < 4.78 is 5.27. The molecule has 7 nitrogen and oxygen atoms in total. The number of fused-ring (bicyclic) bond motifs is 1. The second-order valence-corrected chi connectivity index (χ2v) is 9.13. The molecule has 1 amide bonds. The topological polar surface area (TPSA) is 73.5 Å². The number of hydrogen-bond acceptors (Lipinski definition) is 5. The van der Waals surface area contributed by atoms with Gasteiger partial charge in [-0.15, -0.1) is 0 Å². The van der Waals surface area contributed by atoms with Crippen LogP contribution >= 0.6 is 23.2 Å². The summed E-state index contributed by atoms with van der Waals surface area (Å²) in [4.78, 5) is 24.6. The summed E-state index contributed by atoms with van der Waals surface area (Å²) in [5, 5.41) is 4.92. The van der Waals surface area contributed by atoms with Gasteiger partial charge in [0.25, 0.3) is 5.91 Å². The monoisotopic (exact) mass is 513 g/mol. The first-order chi connectivity index (χ1) is 17.0. The lowest BCUT2D eigenvalue weighted by Gasteiger charge is -2.36. The maximum atomic E-state index is 12.5. The van der Waals surface area contributed by atoms with Crippen LogP contribution in [-0.2, 0) is 9.53 Å². The van der Waals surface area contributed by atoms with Crippen molar-refractivity contribution >= 4 is 51.8 Å². The van der Waals surface area contributed by atoms with Crippen molar-refractivity contribution in [3.63, 3.8) is 0 Å². The predicted molar refractivity (Wildman–Crippen MR) is 143 cm³/mol. The number of rotatable bonds is 9. The molecule has 0 unspecified atom stereocenters. The second-order valence-electron chi connectivity index (χ2n) is 8.32. The number of nitrogens with zero attached hydrogens (tertiary/aromatic N) is 3. The van der Waals surface area contributed by atoms with Crippen LogP contribution in [0.15, 0.2) is 60.6 Å². The molecule has 0 saturated carbocycles. The number of allylic oxidation sites excluding steroid dienone is 2. The van der Waals surface area contributed by atoms with Crippen LogP contribution in [0, 0.1) is 0 Å². The third kappa shape index (κ3) is 6.78. The number of ether oxygens (including phenoxy) is 1. The maximum absolute atomic E-state index is 12.5. The van der Waals surface area contributed by atoms with Crippen LogP contribution in [0.3, 0.4) is 0 Å². The van der Waals surface area contributed by atoms with E-state index in [2.05, 4.69) is 25.1 Å². The summed E-state index contributed by atoms with van der Waals surface area (Å²) in [6.45, 7) is 5.56. The Labute approximate surface area is 215 Å². The highest BCUT2D eigenvalue weighted by Crippen LogP contribution is 2.28. The molecule has 0 bridgehead atoms. The quantitative estimate of drug-likeness (QED) is 0.187. The lowest BCUT2D eigenvalue weighted by Crippen LogP contribution is -2.47. The van der Waals surface area contributed by atoms with Crippen molar-refractivity contribution in [1.29, 1.82) is 0 Å². The fourth-order valence-electron chi connectivity index (χ4n) is 4.09. The number of anilines is 1. The van der Waals surface area contributed by atoms with Gasteiger partial charge in [0.2, 0.25) is 0 Å². The summed E-state index contributed by atoms with van der Waals surface area (Å²) in [7, 11) is 1.49. The van der Waals surface area contributed by atoms with Gasteiger partial charge in [-0.05, 0) is 55.4 Å². The van der Waals surface area contributed by atoms with Crippen molar-refractivity contribution in [2.45, 2.75) is 6.42 Å². The van der Waals surface area contributed by atoms with Crippen molar-refractivity contribution in [2.24, 2.45) is 0 Å². The zero-order valence-corrected chi connectivity index (χ0v) is 21.1. The van der Waals surface area contributed by atoms with Gasteiger partial charge in [-0.2, -0.15) is 0 Å². The molecule has 1 aromatic carbocycles. The molecule has 3 heterocycles. The van der Waals surface area contributed by atoms with E-state index in [0.29, 0.717) is 16.6 Å². The molecule has 1 aliphatic heterocycles. The zero-order valence-electron chi connectivity index (χ0n) is 19.6. The molecule has 2 aromatic heterocycles. The normalized spacial score (nSPS) is 15.2. The van der Waals surface area contributed by atoms with Gasteiger partial charge in [0.15, 0.2) is 5.76 Å². The summed E-state index contributed by atoms with van der Waals surface area (Å²) >= 11 is 12.2. The lowest BCUT2D eigenvalue weighted by molar-refractivity contribution is -0.120. The maximum Gasteiger partial charge on any atom is 0.286 e. The van der Waals surface area contributed by atoms with E-state index in [0.717, 1.165) is 55.7 Å². The van der Waals surface area contributed by atoms with Gasteiger partial charge >= 0.3 is 0 Å². The first-order valence-corrected chi connectivity index (χ1v) is 12.3. The Kier molecular flexibility index (Phi) is 8.69. The van der Waals surface area contributed by atoms with Gasteiger partial charge in [-0.25, -0.2) is 0 Å². The summed E-state index contributed by atoms with van der Waals surface area (Å²) in [5.74, 6) is 0.0317. The molecule has 184 valence electrons. The molecule has 4 rings (SSSR count). The van der Waals surface area contributed by atoms with E-state index in [1.165, 1.54) is 12.8 Å². The fraction of sp³-hybridized carbons (Fsp3) is 0.308. The van der Waals surface area contributed by atoms with Gasteiger partial charge in [-0.3, -0.25) is 14.7 Å². The molecule has 9 heteroatoms. The number of benzene rings is 1. The number of aromatic nitrogens is 2. The largest absolute Gasteiger partial charge is 0.491 e. The third-order valence-corrected chi connectivity index (χ3v) is 6.71. The minimum atomic E-state index is -0.227. The smallest absolute Gasteiger partial charge is 0.286 e. The summed E-state index contributed by atoms with van der Waals surface area (Å²) in [6, 6.07) is 9.67. The Balaban J connectivity index is 1.20.